The number of carbonyl (C=O) groups is 1. The first kappa shape index (κ1) is 15.8. The maximum Gasteiger partial charge on any atom is 0.325 e. The number of fused-ring (bicyclic) bond motifs is 3. The number of hydrogen-bond acceptors (Lipinski definition) is 4. The summed E-state index contributed by atoms with van der Waals surface area (Å²) < 4.78 is 7.11. The number of rotatable bonds is 3. The molecule has 1 unspecified atom stereocenters. The van der Waals surface area contributed by atoms with Crippen LogP contribution in [0.25, 0.3) is 11.0 Å². The summed E-state index contributed by atoms with van der Waals surface area (Å²) in [6.45, 7) is 2.48. The van der Waals surface area contributed by atoms with E-state index in [4.69, 9.17) is 10.5 Å². The maximum absolute atomic E-state index is 11.8. The molecule has 0 radical (unpaired) electrons. The van der Waals surface area contributed by atoms with Gasteiger partial charge in [0, 0.05) is 23.5 Å². The average molecular weight is 310 g/mol. The van der Waals surface area contributed by atoms with Gasteiger partial charge in [-0.2, -0.15) is 0 Å². The highest BCUT2D eigenvalue weighted by atomic mass is 35.5. The average Bonchev–Trinajstić information content (AvgIpc) is 2.74. The van der Waals surface area contributed by atoms with Gasteiger partial charge in [0.2, 0.25) is 0 Å². The Bertz CT molecular complexity index is 654. The third kappa shape index (κ3) is 2.89. The van der Waals surface area contributed by atoms with Crippen LogP contribution in [0.2, 0.25) is 0 Å². The standard InChI is InChI=1S/C15H19N3O2.ClH/c1-2-20-14(19)9-18-12-6-5-10(16)8-11(12)15-13(18)4-3-7-17-15;/h3-4,7,10H,2,5-6,8-9,16H2,1H3;1H. The minimum atomic E-state index is -0.203. The maximum atomic E-state index is 11.8. The number of nitrogens with zero attached hydrogens (tertiary/aromatic N) is 2. The molecule has 3 rings (SSSR count). The SMILES string of the molecule is CCOC(=O)Cn1c2c(c3ncccc31)CC(N)CC2.Cl. The van der Waals surface area contributed by atoms with Crippen molar-refractivity contribution in [1.82, 2.24) is 9.55 Å². The Kier molecular flexibility index (Phi) is 4.85. The Morgan fingerprint density at radius 3 is 3.14 bits per heavy atom. The van der Waals surface area contributed by atoms with Crippen LogP contribution in [-0.4, -0.2) is 28.2 Å². The van der Waals surface area contributed by atoms with E-state index >= 15 is 0 Å². The minimum Gasteiger partial charge on any atom is -0.465 e. The predicted octanol–water partition coefficient (Wildman–Crippen LogP) is 1.84. The predicted molar refractivity (Wildman–Crippen MR) is 83.6 cm³/mol. The Labute approximate surface area is 129 Å². The van der Waals surface area contributed by atoms with Gasteiger partial charge in [-0.05, 0) is 38.3 Å². The van der Waals surface area contributed by atoms with E-state index in [1.165, 1.54) is 11.3 Å². The van der Waals surface area contributed by atoms with Crippen molar-refractivity contribution in [3.05, 3.63) is 29.6 Å². The highest BCUT2D eigenvalue weighted by Crippen LogP contribution is 2.30. The quantitative estimate of drug-likeness (QED) is 0.878. The highest BCUT2D eigenvalue weighted by Gasteiger charge is 2.25. The third-order valence-electron chi connectivity index (χ3n) is 3.85. The smallest absolute Gasteiger partial charge is 0.325 e. The van der Waals surface area contributed by atoms with Gasteiger partial charge in [-0.15, -0.1) is 12.4 Å². The van der Waals surface area contributed by atoms with Crippen LogP contribution in [-0.2, 0) is 28.9 Å². The molecular weight excluding hydrogens is 290 g/mol. The summed E-state index contributed by atoms with van der Waals surface area (Å²) in [4.78, 5) is 16.3. The van der Waals surface area contributed by atoms with Gasteiger partial charge in [-0.25, -0.2) is 0 Å². The molecule has 2 N–H and O–H groups in total. The van der Waals surface area contributed by atoms with Crippen LogP contribution < -0.4 is 5.73 Å². The number of pyridine rings is 1. The lowest BCUT2D eigenvalue weighted by Gasteiger charge is -2.20. The lowest BCUT2D eigenvalue weighted by atomic mass is 9.93. The molecule has 1 atom stereocenters. The monoisotopic (exact) mass is 309 g/mol. The van der Waals surface area contributed by atoms with Gasteiger partial charge in [-0.3, -0.25) is 9.78 Å². The molecule has 0 aliphatic heterocycles. The molecule has 1 aliphatic carbocycles. The third-order valence-corrected chi connectivity index (χ3v) is 3.85. The largest absolute Gasteiger partial charge is 0.465 e. The zero-order valence-corrected chi connectivity index (χ0v) is 12.9. The molecule has 0 amide bonds. The zero-order valence-electron chi connectivity index (χ0n) is 12.0. The van der Waals surface area contributed by atoms with Gasteiger partial charge in [0.25, 0.3) is 0 Å². The first-order valence-corrected chi connectivity index (χ1v) is 7.07. The second-order valence-corrected chi connectivity index (χ2v) is 5.19. The van der Waals surface area contributed by atoms with E-state index in [1.807, 2.05) is 23.6 Å². The van der Waals surface area contributed by atoms with Crippen molar-refractivity contribution >= 4 is 29.4 Å². The lowest BCUT2D eigenvalue weighted by Crippen LogP contribution is -2.29. The molecule has 21 heavy (non-hydrogen) atoms. The fourth-order valence-electron chi connectivity index (χ4n) is 3.00. The molecule has 6 heteroatoms. The Hall–Kier alpha value is -1.59. The number of nitrogens with two attached hydrogens (primary N) is 1. The van der Waals surface area contributed by atoms with Crippen molar-refractivity contribution in [2.24, 2.45) is 5.73 Å². The molecule has 0 spiro atoms. The summed E-state index contributed by atoms with van der Waals surface area (Å²) >= 11 is 0. The number of halogens is 1. The molecule has 0 saturated carbocycles. The van der Waals surface area contributed by atoms with Crippen LogP contribution >= 0.6 is 12.4 Å². The van der Waals surface area contributed by atoms with E-state index in [1.54, 1.807) is 6.20 Å². The Balaban J connectivity index is 0.00000161. The van der Waals surface area contributed by atoms with Crippen LogP contribution in [0.4, 0.5) is 0 Å². The second kappa shape index (κ2) is 6.45. The number of aromatic nitrogens is 2. The van der Waals surface area contributed by atoms with Crippen molar-refractivity contribution in [3.63, 3.8) is 0 Å². The van der Waals surface area contributed by atoms with Crippen molar-refractivity contribution < 1.29 is 9.53 Å². The van der Waals surface area contributed by atoms with E-state index in [2.05, 4.69) is 4.98 Å². The van der Waals surface area contributed by atoms with Crippen LogP contribution in [0.15, 0.2) is 18.3 Å². The van der Waals surface area contributed by atoms with Gasteiger partial charge >= 0.3 is 5.97 Å². The molecule has 2 aromatic heterocycles. The molecule has 5 nitrogen and oxygen atoms in total. The Morgan fingerprint density at radius 1 is 1.57 bits per heavy atom. The van der Waals surface area contributed by atoms with Crippen molar-refractivity contribution in [3.8, 4) is 0 Å². The zero-order chi connectivity index (χ0) is 14.1. The van der Waals surface area contributed by atoms with E-state index < -0.39 is 0 Å². The van der Waals surface area contributed by atoms with Gasteiger partial charge in [0.1, 0.15) is 6.54 Å². The van der Waals surface area contributed by atoms with E-state index in [-0.39, 0.29) is 31.0 Å². The molecular formula is C15H20ClN3O2. The molecule has 0 aromatic carbocycles. The molecule has 114 valence electrons. The van der Waals surface area contributed by atoms with Crippen LogP contribution in [0.3, 0.4) is 0 Å². The van der Waals surface area contributed by atoms with E-state index in [0.717, 1.165) is 30.3 Å². The molecule has 0 saturated heterocycles. The first-order valence-electron chi connectivity index (χ1n) is 7.07. The summed E-state index contributed by atoms with van der Waals surface area (Å²) in [6.07, 6.45) is 4.47. The van der Waals surface area contributed by atoms with Gasteiger partial charge in [0.05, 0.1) is 17.6 Å². The summed E-state index contributed by atoms with van der Waals surface area (Å²) in [5.74, 6) is -0.203. The summed E-state index contributed by atoms with van der Waals surface area (Å²) in [7, 11) is 0. The fourth-order valence-corrected chi connectivity index (χ4v) is 3.00. The second-order valence-electron chi connectivity index (χ2n) is 5.19. The van der Waals surface area contributed by atoms with Crippen molar-refractivity contribution in [2.75, 3.05) is 6.61 Å². The normalized spacial score (nSPS) is 17.1. The van der Waals surface area contributed by atoms with Crippen LogP contribution in [0.5, 0.6) is 0 Å². The molecule has 0 fully saturated rings. The van der Waals surface area contributed by atoms with E-state index in [9.17, 15) is 4.79 Å². The highest BCUT2D eigenvalue weighted by molar-refractivity contribution is 5.85. The minimum absolute atomic E-state index is 0. The van der Waals surface area contributed by atoms with Crippen LogP contribution in [0.1, 0.15) is 24.6 Å². The number of carbonyl (C=O) groups excluding carboxylic acids is 1. The number of esters is 1. The molecule has 0 bridgehead atoms. The molecule has 2 heterocycles. The number of ether oxygens (including phenoxy) is 1. The number of hydrogen-bond donors (Lipinski definition) is 1. The van der Waals surface area contributed by atoms with Crippen molar-refractivity contribution in [2.45, 2.75) is 38.8 Å². The van der Waals surface area contributed by atoms with Gasteiger partial charge < -0.3 is 15.0 Å². The molecule has 2 aromatic rings. The first-order chi connectivity index (χ1) is 9.70. The summed E-state index contributed by atoms with van der Waals surface area (Å²) in [6, 6.07) is 4.09. The summed E-state index contributed by atoms with van der Waals surface area (Å²) in [5.41, 5.74) is 10.4. The van der Waals surface area contributed by atoms with E-state index in [0.29, 0.717) is 6.61 Å². The van der Waals surface area contributed by atoms with Gasteiger partial charge in [0.15, 0.2) is 0 Å². The topological polar surface area (TPSA) is 70.1 Å². The van der Waals surface area contributed by atoms with Crippen molar-refractivity contribution in [1.29, 1.82) is 0 Å². The lowest BCUT2D eigenvalue weighted by molar-refractivity contribution is -0.143. The fraction of sp³-hybridized carbons (Fsp3) is 0.467. The molecule has 1 aliphatic rings. The van der Waals surface area contributed by atoms with Crippen LogP contribution in [0, 0.1) is 0 Å². The van der Waals surface area contributed by atoms with Gasteiger partial charge in [-0.1, -0.05) is 0 Å². The Morgan fingerprint density at radius 2 is 2.38 bits per heavy atom. The summed E-state index contributed by atoms with van der Waals surface area (Å²) in [5, 5.41) is 0.